The van der Waals surface area contributed by atoms with Gasteiger partial charge in [0.2, 0.25) is 0 Å². The first-order chi connectivity index (χ1) is 6.53. The van der Waals surface area contributed by atoms with Crippen LogP contribution in [0.25, 0.3) is 0 Å². The van der Waals surface area contributed by atoms with Crippen molar-refractivity contribution in [2.75, 3.05) is 26.7 Å². The first-order valence-corrected chi connectivity index (χ1v) is 4.76. The van der Waals surface area contributed by atoms with Crippen molar-refractivity contribution < 1.29 is 14.3 Å². The average molecular weight is 202 g/mol. The van der Waals surface area contributed by atoms with Crippen molar-refractivity contribution in [1.82, 2.24) is 10.6 Å². The van der Waals surface area contributed by atoms with Crippen LogP contribution in [0.3, 0.4) is 0 Å². The zero-order valence-corrected chi connectivity index (χ0v) is 8.92. The second-order valence-corrected chi connectivity index (χ2v) is 3.98. The van der Waals surface area contributed by atoms with E-state index in [9.17, 15) is 4.79 Å². The van der Waals surface area contributed by atoms with E-state index in [0.29, 0.717) is 0 Å². The fraction of sp³-hybridized carbons (Fsp3) is 0.889. The molecule has 1 aliphatic heterocycles. The molecule has 1 fully saturated rings. The molecule has 5 heteroatoms. The third kappa shape index (κ3) is 3.51. The summed E-state index contributed by atoms with van der Waals surface area (Å²) in [5.41, 5.74) is -0.186. The van der Waals surface area contributed by atoms with Gasteiger partial charge < -0.3 is 20.1 Å². The molecule has 2 N–H and O–H groups in total. The third-order valence-electron chi connectivity index (χ3n) is 2.01. The molecule has 0 saturated carbocycles. The highest BCUT2D eigenvalue weighted by Crippen LogP contribution is 2.15. The van der Waals surface area contributed by atoms with Crippen LogP contribution < -0.4 is 10.6 Å². The van der Waals surface area contributed by atoms with Crippen molar-refractivity contribution in [3.63, 3.8) is 0 Å². The number of ether oxygens (including phenoxy) is 2. The number of carbonyl (C=O) groups excluding carboxylic acids is 1. The van der Waals surface area contributed by atoms with E-state index in [-0.39, 0.29) is 18.3 Å². The number of amides is 1. The molecular weight excluding hydrogens is 184 g/mol. The van der Waals surface area contributed by atoms with Crippen molar-refractivity contribution in [2.24, 2.45) is 0 Å². The molecule has 1 heterocycles. The van der Waals surface area contributed by atoms with E-state index in [1.807, 2.05) is 13.8 Å². The summed E-state index contributed by atoms with van der Waals surface area (Å²) in [4.78, 5) is 10.8. The Bertz CT molecular complexity index is 206. The highest BCUT2D eigenvalue weighted by Gasteiger charge is 2.28. The van der Waals surface area contributed by atoms with Crippen LogP contribution in [-0.4, -0.2) is 44.5 Å². The highest BCUT2D eigenvalue weighted by molar-refractivity contribution is 5.66. The normalized spacial score (nSPS) is 25.5. The summed E-state index contributed by atoms with van der Waals surface area (Å²) in [5, 5.41) is 5.62. The van der Waals surface area contributed by atoms with Gasteiger partial charge in [-0.05, 0) is 13.8 Å². The molecular formula is C9H18N2O3. The van der Waals surface area contributed by atoms with Crippen LogP contribution >= 0.6 is 0 Å². The summed E-state index contributed by atoms with van der Waals surface area (Å²) in [6, 6.07) is 0. The number of alkyl carbamates (subject to hydrolysis) is 1. The second-order valence-electron chi connectivity index (χ2n) is 3.98. The summed E-state index contributed by atoms with van der Waals surface area (Å²) in [7, 11) is 1.53. The first kappa shape index (κ1) is 11.3. The van der Waals surface area contributed by atoms with Crippen molar-refractivity contribution in [1.29, 1.82) is 0 Å². The molecule has 0 bridgehead atoms. The monoisotopic (exact) mass is 202 g/mol. The van der Waals surface area contributed by atoms with E-state index in [0.717, 1.165) is 13.1 Å². The Kier molecular flexibility index (Phi) is 3.71. The topological polar surface area (TPSA) is 59.6 Å². The lowest BCUT2D eigenvalue weighted by atomic mass is 10.1. The predicted octanol–water partition coefficient (Wildman–Crippen LogP) is 0.109. The van der Waals surface area contributed by atoms with E-state index in [4.69, 9.17) is 9.47 Å². The molecule has 0 aliphatic carbocycles. The third-order valence-corrected chi connectivity index (χ3v) is 2.01. The van der Waals surface area contributed by atoms with Crippen LogP contribution in [0.2, 0.25) is 0 Å². The quantitative estimate of drug-likeness (QED) is 0.667. The van der Waals surface area contributed by atoms with Gasteiger partial charge in [-0.15, -0.1) is 0 Å². The Labute approximate surface area is 84.1 Å². The van der Waals surface area contributed by atoms with Gasteiger partial charge in [-0.1, -0.05) is 0 Å². The molecule has 14 heavy (non-hydrogen) atoms. The number of rotatable bonds is 2. The number of hydrogen-bond acceptors (Lipinski definition) is 4. The molecule has 1 amide bonds. The minimum atomic E-state index is -0.419. The number of carbonyl (C=O) groups is 1. The molecule has 5 nitrogen and oxygen atoms in total. The highest BCUT2D eigenvalue weighted by atomic mass is 16.6. The molecule has 1 rings (SSSR count). The maximum atomic E-state index is 10.8. The Morgan fingerprint density at radius 3 is 3.00 bits per heavy atom. The van der Waals surface area contributed by atoms with Gasteiger partial charge >= 0.3 is 6.09 Å². The van der Waals surface area contributed by atoms with Gasteiger partial charge in [-0.3, -0.25) is 0 Å². The molecule has 0 aromatic heterocycles. The fourth-order valence-corrected chi connectivity index (χ4v) is 1.40. The predicted molar refractivity (Wildman–Crippen MR) is 52.2 cm³/mol. The molecule has 0 spiro atoms. The molecule has 1 aliphatic rings. The number of nitrogens with one attached hydrogen (secondary N) is 2. The lowest BCUT2D eigenvalue weighted by molar-refractivity contribution is -0.111. The lowest BCUT2D eigenvalue weighted by Crippen LogP contribution is -2.52. The summed E-state index contributed by atoms with van der Waals surface area (Å²) in [6.45, 7) is 5.85. The van der Waals surface area contributed by atoms with Crippen molar-refractivity contribution >= 4 is 6.09 Å². The molecule has 0 aromatic rings. The summed E-state index contributed by atoms with van der Waals surface area (Å²) >= 11 is 0. The van der Waals surface area contributed by atoms with Crippen LogP contribution in [-0.2, 0) is 9.47 Å². The van der Waals surface area contributed by atoms with E-state index in [1.165, 1.54) is 7.05 Å². The SMILES string of the molecule is CNC(=O)OCC1CNCC(C)(C)O1. The van der Waals surface area contributed by atoms with Crippen molar-refractivity contribution in [3.05, 3.63) is 0 Å². The van der Waals surface area contributed by atoms with Gasteiger partial charge in [0.25, 0.3) is 0 Å². The van der Waals surface area contributed by atoms with Crippen LogP contribution in [0.4, 0.5) is 4.79 Å². The minimum absolute atomic E-state index is 0.0592. The van der Waals surface area contributed by atoms with Crippen LogP contribution in [0, 0.1) is 0 Å². The van der Waals surface area contributed by atoms with E-state index >= 15 is 0 Å². The Morgan fingerprint density at radius 2 is 2.43 bits per heavy atom. The van der Waals surface area contributed by atoms with E-state index < -0.39 is 6.09 Å². The molecule has 82 valence electrons. The largest absolute Gasteiger partial charge is 0.447 e. The Balaban J connectivity index is 2.28. The zero-order valence-electron chi connectivity index (χ0n) is 8.92. The molecule has 0 aromatic carbocycles. The molecule has 0 radical (unpaired) electrons. The van der Waals surface area contributed by atoms with Crippen LogP contribution in [0.15, 0.2) is 0 Å². The molecule has 1 atom stereocenters. The molecule has 1 unspecified atom stereocenters. The fourth-order valence-electron chi connectivity index (χ4n) is 1.40. The second kappa shape index (κ2) is 4.61. The zero-order chi connectivity index (χ0) is 10.6. The van der Waals surface area contributed by atoms with E-state index in [2.05, 4.69) is 10.6 Å². The number of hydrogen-bond donors (Lipinski definition) is 2. The first-order valence-electron chi connectivity index (χ1n) is 4.76. The van der Waals surface area contributed by atoms with Gasteiger partial charge in [0.05, 0.1) is 5.60 Å². The van der Waals surface area contributed by atoms with Crippen molar-refractivity contribution in [3.8, 4) is 0 Å². The molecule has 1 saturated heterocycles. The van der Waals surface area contributed by atoms with Gasteiger partial charge in [0.1, 0.15) is 12.7 Å². The standard InChI is InChI=1S/C9H18N2O3/c1-9(2)6-11-4-7(14-9)5-13-8(12)10-3/h7,11H,4-6H2,1-3H3,(H,10,12). The van der Waals surface area contributed by atoms with E-state index in [1.54, 1.807) is 0 Å². The van der Waals surface area contributed by atoms with Crippen molar-refractivity contribution in [2.45, 2.75) is 25.6 Å². The lowest BCUT2D eigenvalue weighted by Gasteiger charge is -2.36. The van der Waals surface area contributed by atoms with Gasteiger partial charge in [0, 0.05) is 20.1 Å². The average Bonchev–Trinajstić information content (AvgIpc) is 2.12. The summed E-state index contributed by atoms with van der Waals surface area (Å²) < 4.78 is 10.6. The summed E-state index contributed by atoms with van der Waals surface area (Å²) in [5.74, 6) is 0. The number of morpholine rings is 1. The van der Waals surface area contributed by atoms with Gasteiger partial charge in [-0.2, -0.15) is 0 Å². The smallest absolute Gasteiger partial charge is 0.406 e. The Hall–Kier alpha value is -0.810. The van der Waals surface area contributed by atoms with Crippen LogP contribution in [0.5, 0.6) is 0 Å². The van der Waals surface area contributed by atoms with Gasteiger partial charge in [0.15, 0.2) is 0 Å². The summed E-state index contributed by atoms with van der Waals surface area (Å²) in [6.07, 6.45) is -0.479. The van der Waals surface area contributed by atoms with Gasteiger partial charge in [-0.25, -0.2) is 4.79 Å². The maximum Gasteiger partial charge on any atom is 0.406 e. The Morgan fingerprint density at radius 1 is 1.71 bits per heavy atom. The maximum absolute atomic E-state index is 10.8. The minimum Gasteiger partial charge on any atom is -0.447 e. The van der Waals surface area contributed by atoms with Crippen LogP contribution in [0.1, 0.15) is 13.8 Å².